The fourth-order valence-electron chi connectivity index (χ4n) is 1.13. The van der Waals surface area contributed by atoms with Crippen LogP contribution in [0, 0.1) is 11.5 Å². The summed E-state index contributed by atoms with van der Waals surface area (Å²) in [6.07, 6.45) is -1.39. The van der Waals surface area contributed by atoms with Crippen LogP contribution in [0.5, 0.6) is 0 Å². The third kappa shape index (κ3) is 3.55. The highest BCUT2D eigenvalue weighted by molar-refractivity contribution is 8.13. The number of nitrogens with zero attached hydrogens (tertiary/aromatic N) is 2. The minimum atomic E-state index is -4.56. The lowest BCUT2D eigenvalue weighted by atomic mass is 10.2. The van der Waals surface area contributed by atoms with Gasteiger partial charge in [0.2, 0.25) is 0 Å². The summed E-state index contributed by atoms with van der Waals surface area (Å²) in [5.41, 5.74) is -1.35. The first-order valence-electron chi connectivity index (χ1n) is 4.53. The topological polar surface area (TPSA) is 48.2 Å². The molecule has 0 aromatic heterocycles. The van der Waals surface area contributed by atoms with E-state index >= 15 is 0 Å². The lowest BCUT2D eigenvalue weighted by molar-refractivity contribution is -0.137. The zero-order valence-corrected chi connectivity index (χ0v) is 10.6. The summed E-state index contributed by atoms with van der Waals surface area (Å²) in [6.45, 7) is 0. The first-order valence-corrected chi connectivity index (χ1v) is 6.14. The van der Waals surface area contributed by atoms with Crippen molar-refractivity contribution in [1.29, 1.82) is 5.26 Å². The number of benzene rings is 1. The maximum atomic E-state index is 12.7. The number of nitrogens with one attached hydrogen (secondary N) is 1. The number of hydrogen-bond acceptors (Lipinski definition) is 3. The lowest BCUT2D eigenvalue weighted by Crippen LogP contribution is -2.13. The van der Waals surface area contributed by atoms with E-state index in [1.807, 2.05) is 0 Å². The quantitative estimate of drug-likeness (QED) is 0.371. The van der Waals surface area contributed by atoms with Crippen molar-refractivity contribution in [2.24, 2.45) is 4.99 Å². The van der Waals surface area contributed by atoms with Crippen molar-refractivity contribution in [3.63, 3.8) is 0 Å². The predicted molar refractivity (Wildman–Crippen MR) is 65.8 cm³/mol. The third-order valence-electron chi connectivity index (χ3n) is 1.86. The summed E-state index contributed by atoms with van der Waals surface area (Å²) in [5, 5.41) is 10.5. The Labute approximate surface area is 111 Å². The van der Waals surface area contributed by atoms with Gasteiger partial charge >= 0.3 is 6.18 Å². The van der Waals surface area contributed by atoms with Gasteiger partial charge < -0.3 is 0 Å². The molecule has 0 bridgehead atoms. The van der Waals surface area contributed by atoms with E-state index in [2.05, 4.69) is 10.3 Å². The zero-order valence-electron chi connectivity index (χ0n) is 9.05. The van der Waals surface area contributed by atoms with Crippen molar-refractivity contribution in [3.8, 4) is 6.19 Å². The van der Waals surface area contributed by atoms with Gasteiger partial charge in [-0.15, -0.1) is 0 Å². The minimum Gasteiger partial charge on any atom is -0.271 e. The molecule has 0 unspecified atom stereocenters. The standard InChI is InChI=1S/C10H7ClF3N3S/c1-18-9(16-5-15)17-8-6(10(12,13)14)3-2-4-7(8)11/h2-4H,1H3,(H,16,17). The minimum absolute atomic E-state index is 0.0381. The monoisotopic (exact) mass is 293 g/mol. The van der Waals surface area contributed by atoms with E-state index in [0.29, 0.717) is 0 Å². The van der Waals surface area contributed by atoms with E-state index in [4.69, 9.17) is 16.9 Å². The largest absolute Gasteiger partial charge is 0.418 e. The number of rotatable bonds is 1. The fourth-order valence-corrected chi connectivity index (χ4v) is 1.68. The highest BCUT2D eigenvalue weighted by Crippen LogP contribution is 2.40. The van der Waals surface area contributed by atoms with Gasteiger partial charge in [-0.05, 0) is 18.4 Å². The molecular weight excluding hydrogens is 287 g/mol. The van der Waals surface area contributed by atoms with Gasteiger partial charge in [0.05, 0.1) is 16.3 Å². The smallest absolute Gasteiger partial charge is 0.271 e. The number of para-hydroxylation sites is 1. The summed E-state index contributed by atoms with van der Waals surface area (Å²) >= 11 is 6.72. The molecule has 0 heterocycles. The summed E-state index contributed by atoms with van der Waals surface area (Å²) in [6, 6.07) is 3.38. The van der Waals surface area contributed by atoms with E-state index < -0.39 is 17.4 Å². The molecule has 0 atom stereocenters. The second-order valence-electron chi connectivity index (χ2n) is 2.99. The molecule has 0 saturated carbocycles. The van der Waals surface area contributed by atoms with Crippen molar-refractivity contribution in [2.45, 2.75) is 6.18 Å². The Morgan fingerprint density at radius 1 is 1.50 bits per heavy atom. The Bertz CT molecular complexity index is 508. The molecule has 0 radical (unpaired) electrons. The van der Waals surface area contributed by atoms with Gasteiger partial charge in [0.25, 0.3) is 0 Å². The Morgan fingerprint density at radius 2 is 2.17 bits per heavy atom. The number of halogens is 4. The van der Waals surface area contributed by atoms with Crippen molar-refractivity contribution in [1.82, 2.24) is 5.32 Å². The molecule has 8 heteroatoms. The number of hydrogen-bond donors (Lipinski definition) is 1. The Hall–Kier alpha value is -1.39. The number of nitriles is 1. The van der Waals surface area contributed by atoms with Crippen LogP contribution in [0.15, 0.2) is 23.2 Å². The second-order valence-corrected chi connectivity index (χ2v) is 4.19. The van der Waals surface area contributed by atoms with Crippen LogP contribution in [-0.4, -0.2) is 11.4 Å². The van der Waals surface area contributed by atoms with E-state index in [-0.39, 0.29) is 10.2 Å². The molecule has 0 saturated heterocycles. The van der Waals surface area contributed by atoms with Crippen molar-refractivity contribution >= 4 is 34.2 Å². The van der Waals surface area contributed by atoms with Gasteiger partial charge in [-0.1, -0.05) is 29.4 Å². The van der Waals surface area contributed by atoms with Crippen LogP contribution >= 0.6 is 23.4 Å². The highest BCUT2D eigenvalue weighted by atomic mass is 35.5. The van der Waals surface area contributed by atoms with Crippen LogP contribution in [0.2, 0.25) is 5.02 Å². The molecule has 1 aromatic rings. The van der Waals surface area contributed by atoms with Gasteiger partial charge in [0.15, 0.2) is 11.4 Å². The van der Waals surface area contributed by atoms with Gasteiger partial charge in [-0.2, -0.15) is 18.4 Å². The molecule has 1 N–H and O–H groups in total. The van der Waals surface area contributed by atoms with Crippen LogP contribution in [0.25, 0.3) is 0 Å². The van der Waals surface area contributed by atoms with Crippen molar-refractivity contribution < 1.29 is 13.2 Å². The van der Waals surface area contributed by atoms with Crippen LogP contribution < -0.4 is 5.32 Å². The van der Waals surface area contributed by atoms with Crippen LogP contribution in [0.1, 0.15) is 5.56 Å². The van der Waals surface area contributed by atoms with Gasteiger partial charge in [-0.3, -0.25) is 5.32 Å². The SMILES string of the molecule is CSC(=Nc1c(Cl)cccc1C(F)(F)F)NC#N. The van der Waals surface area contributed by atoms with E-state index in [1.54, 1.807) is 12.4 Å². The molecule has 1 rings (SSSR count). The summed E-state index contributed by atoms with van der Waals surface area (Å²) in [5.74, 6) is 0. The lowest BCUT2D eigenvalue weighted by Gasteiger charge is -2.11. The van der Waals surface area contributed by atoms with Crippen LogP contribution in [0.3, 0.4) is 0 Å². The van der Waals surface area contributed by atoms with E-state index in [1.165, 1.54) is 12.1 Å². The first kappa shape index (κ1) is 14.7. The van der Waals surface area contributed by atoms with Crippen LogP contribution in [0.4, 0.5) is 18.9 Å². The molecule has 18 heavy (non-hydrogen) atoms. The Morgan fingerprint density at radius 3 is 2.67 bits per heavy atom. The number of amidine groups is 1. The molecule has 96 valence electrons. The summed E-state index contributed by atoms with van der Waals surface area (Å²) in [7, 11) is 0. The molecule has 0 fully saturated rings. The molecule has 0 spiro atoms. The summed E-state index contributed by atoms with van der Waals surface area (Å²) < 4.78 is 38.2. The zero-order chi connectivity index (χ0) is 13.8. The van der Waals surface area contributed by atoms with Gasteiger partial charge in [-0.25, -0.2) is 4.99 Å². The van der Waals surface area contributed by atoms with Crippen molar-refractivity contribution in [3.05, 3.63) is 28.8 Å². The van der Waals surface area contributed by atoms with Gasteiger partial charge in [0.1, 0.15) is 0 Å². The number of thioether (sulfide) groups is 1. The molecule has 3 nitrogen and oxygen atoms in total. The number of aliphatic imine (C=N–C) groups is 1. The average molecular weight is 294 g/mol. The maximum Gasteiger partial charge on any atom is 0.418 e. The highest BCUT2D eigenvalue weighted by Gasteiger charge is 2.34. The molecule has 0 aliphatic rings. The Kier molecular flexibility index (Phi) is 4.87. The molecule has 0 aliphatic heterocycles. The Balaban J connectivity index is 3.35. The van der Waals surface area contributed by atoms with Crippen LogP contribution in [-0.2, 0) is 6.18 Å². The van der Waals surface area contributed by atoms with E-state index in [9.17, 15) is 13.2 Å². The molecule has 1 aromatic carbocycles. The second kappa shape index (κ2) is 5.98. The first-order chi connectivity index (χ1) is 8.40. The molecular formula is C10H7ClF3N3S. The van der Waals surface area contributed by atoms with E-state index in [0.717, 1.165) is 17.8 Å². The fraction of sp³-hybridized carbons (Fsp3) is 0.200. The molecule has 0 amide bonds. The third-order valence-corrected chi connectivity index (χ3v) is 2.75. The normalized spacial score (nSPS) is 12.1. The van der Waals surface area contributed by atoms with Gasteiger partial charge in [0, 0.05) is 0 Å². The number of alkyl halides is 3. The average Bonchev–Trinajstić information content (AvgIpc) is 2.29. The summed E-state index contributed by atoms with van der Waals surface area (Å²) in [4.78, 5) is 3.73. The maximum absolute atomic E-state index is 12.7. The predicted octanol–water partition coefficient (Wildman–Crippen LogP) is 3.78. The molecule has 0 aliphatic carbocycles. The van der Waals surface area contributed by atoms with Crippen molar-refractivity contribution in [2.75, 3.05) is 6.26 Å².